The van der Waals surface area contributed by atoms with Gasteiger partial charge in [-0.15, -0.1) is 23.7 Å². The van der Waals surface area contributed by atoms with Crippen LogP contribution in [-0.4, -0.2) is 20.5 Å². The molecule has 1 aromatic carbocycles. The van der Waals surface area contributed by atoms with Gasteiger partial charge in [0.2, 0.25) is 0 Å². The molecule has 2 aromatic rings. The highest BCUT2D eigenvalue weighted by molar-refractivity contribution is 7.91. The largest absolute Gasteiger partial charge is 0.329 e. The summed E-state index contributed by atoms with van der Waals surface area (Å²) in [5.41, 5.74) is 5.33. The summed E-state index contributed by atoms with van der Waals surface area (Å²) in [6.07, 6.45) is 3.64. The highest BCUT2D eigenvalue weighted by Crippen LogP contribution is 2.34. The minimum Gasteiger partial charge on any atom is -0.329 e. The van der Waals surface area contributed by atoms with Crippen LogP contribution in [0.1, 0.15) is 25.7 Å². The second kappa shape index (κ2) is 6.63. The van der Waals surface area contributed by atoms with E-state index >= 15 is 0 Å². The minimum absolute atomic E-state index is 0. The maximum absolute atomic E-state index is 12.6. The van der Waals surface area contributed by atoms with E-state index in [0.29, 0.717) is 15.8 Å². The Labute approximate surface area is 145 Å². The second-order valence-corrected chi connectivity index (χ2v) is 8.97. The van der Waals surface area contributed by atoms with Crippen molar-refractivity contribution in [2.24, 2.45) is 5.73 Å². The van der Waals surface area contributed by atoms with E-state index in [-0.39, 0.29) is 12.4 Å². The smallest absolute Gasteiger partial charge is 0.250 e. The van der Waals surface area contributed by atoms with Crippen LogP contribution in [0.5, 0.6) is 0 Å². The topological polar surface area (TPSA) is 72.2 Å². The molecular weight excluding hydrogens is 363 g/mol. The van der Waals surface area contributed by atoms with Crippen molar-refractivity contribution in [2.75, 3.05) is 6.54 Å². The van der Waals surface area contributed by atoms with Crippen LogP contribution in [0.25, 0.3) is 10.1 Å². The fraction of sp³-hybridized carbons (Fsp3) is 0.429. The first-order valence-corrected chi connectivity index (χ1v) is 9.55. The summed E-state index contributed by atoms with van der Waals surface area (Å²) in [7, 11) is -3.54. The van der Waals surface area contributed by atoms with E-state index in [0.717, 1.165) is 35.8 Å². The summed E-state index contributed by atoms with van der Waals surface area (Å²) in [5, 5.41) is 1.45. The van der Waals surface area contributed by atoms with Crippen molar-refractivity contribution in [3.8, 4) is 0 Å². The van der Waals surface area contributed by atoms with E-state index in [9.17, 15) is 8.42 Å². The van der Waals surface area contributed by atoms with E-state index in [1.165, 1.54) is 11.3 Å². The first-order chi connectivity index (χ1) is 9.94. The van der Waals surface area contributed by atoms with E-state index < -0.39 is 15.6 Å². The Morgan fingerprint density at radius 1 is 1.27 bits per heavy atom. The van der Waals surface area contributed by atoms with Crippen LogP contribution in [-0.2, 0) is 10.0 Å². The third kappa shape index (κ3) is 3.42. The Hall–Kier alpha value is -0.370. The van der Waals surface area contributed by atoms with Gasteiger partial charge in [0, 0.05) is 21.8 Å². The normalized spacial score (nSPS) is 17.5. The van der Waals surface area contributed by atoms with Crippen LogP contribution in [0.3, 0.4) is 0 Å². The molecular formula is C14H18Cl2N2O2S2. The van der Waals surface area contributed by atoms with Crippen molar-refractivity contribution in [2.45, 2.75) is 35.4 Å². The van der Waals surface area contributed by atoms with Gasteiger partial charge in [-0.05, 0) is 42.5 Å². The summed E-state index contributed by atoms with van der Waals surface area (Å²) in [6.45, 7) is 0.336. The number of halogens is 2. The van der Waals surface area contributed by atoms with E-state index in [4.69, 9.17) is 17.3 Å². The number of nitrogens with one attached hydrogen (secondary N) is 1. The molecule has 0 atom stereocenters. The highest BCUT2D eigenvalue weighted by Gasteiger charge is 2.37. The van der Waals surface area contributed by atoms with Gasteiger partial charge < -0.3 is 5.73 Å². The number of hydrogen-bond acceptors (Lipinski definition) is 4. The van der Waals surface area contributed by atoms with Gasteiger partial charge >= 0.3 is 0 Å². The predicted molar refractivity (Wildman–Crippen MR) is 94.7 cm³/mol. The van der Waals surface area contributed by atoms with Gasteiger partial charge in [-0.1, -0.05) is 24.4 Å². The Bertz CT molecular complexity index is 768. The Morgan fingerprint density at radius 2 is 1.95 bits per heavy atom. The summed E-state index contributed by atoms with van der Waals surface area (Å²) < 4.78 is 29.3. The lowest BCUT2D eigenvalue weighted by atomic mass is 10.0. The van der Waals surface area contributed by atoms with Crippen LogP contribution < -0.4 is 10.5 Å². The molecule has 1 aliphatic rings. The standard InChI is InChI=1S/C14H17ClN2O2S2.ClH/c15-11-3-4-12-10(7-11)8-13(20-12)21(18,19)17-14(9-16)5-1-2-6-14;/h3-4,7-8,17H,1-2,5-6,9,16H2;1H. The molecule has 1 heterocycles. The van der Waals surface area contributed by atoms with Crippen molar-refractivity contribution in [1.82, 2.24) is 4.72 Å². The monoisotopic (exact) mass is 380 g/mol. The molecule has 0 saturated heterocycles. The Balaban J connectivity index is 0.00000176. The molecule has 1 fully saturated rings. The molecule has 1 saturated carbocycles. The zero-order valence-corrected chi connectivity index (χ0v) is 15.0. The van der Waals surface area contributed by atoms with E-state index in [2.05, 4.69) is 4.72 Å². The van der Waals surface area contributed by atoms with Crippen LogP contribution >= 0.6 is 35.3 Å². The number of thiophene rings is 1. The molecule has 22 heavy (non-hydrogen) atoms. The molecule has 3 N–H and O–H groups in total. The molecule has 1 aromatic heterocycles. The van der Waals surface area contributed by atoms with Gasteiger partial charge in [0.05, 0.1) is 0 Å². The lowest BCUT2D eigenvalue weighted by Gasteiger charge is -2.27. The van der Waals surface area contributed by atoms with Crippen LogP contribution in [0.4, 0.5) is 0 Å². The maximum atomic E-state index is 12.6. The maximum Gasteiger partial charge on any atom is 0.250 e. The first kappa shape index (κ1) is 18.0. The minimum atomic E-state index is -3.54. The van der Waals surface area contributed by atoms with Crippen LogP contribution in [0, 0.1) is 0 Å². The van der Waals surface area contributed by atoms with Gasteiger partial charge in [-0.3, -0.25) is 0 Å². The fourth-order valence-corrected chi connectivity index (χ4v) is 5.89. The van der Waals surface area contributed by atoms with Crippen molar-refractivity contribution in [3.05, 3.63) is 29.3 Å². The van der Waals surface area contributed by atoms with Crippen molar-refractivity contribution in [1.29, 1.82) is 0 Å². The van der Waals surface area contributed by atoms with Gasteiger partial charge in [0.15, 0.2) is 0 Å². The fourth-order valence-electron chi connectivity index (χ4n) is 2.86. The number of nitrogens with two attached hydrogens (primary N) is 1. The Morgan fingerprint density at radius 3 is 2.59 bits per heavy atom. The van der Waals surface area contributed by atoms with Crippen LogP contribution in [0.15, 0.2) is 28.5 Å². The predicted octanol–water partition coefficient (Wildman–Crippen LogP) is 3.53. The third-order valence-electron chi connectivity index (χ3n) is 4.02. The molecule has 1 aliphatic carbocycles. The third-order valence-corrected chi connectivity index (χ3v) is 7.43. The summed E-state index contributed by atoms with van der Waals surface area (Å²) >= 11 is 7.20. The number of fused-ring (bicyclic) bond motifs is 1. The number of rotatable bonds is 4. The van der Waals surface area contributed by atoms with Gasteiger partial charge in [0.1, 0.15) is 4.21 Å². The summed E-state index contributed by atoms with van der Waals surface area (Å²) in [6, 6.07) is 7.06. The quantitative estimate of drug-likeness (QED) is 0.851. The molecule has 0 amide bonds. The lowest BCUT2D eigenvalue weighted by molar-refractivity contribution is 0.400. The molecule has 0 bridgehead atoms. The average Bonchev–Trinajstić information content (AvgIpc) is 3.05. The molecule has 0 aliphatic heterocycles. The number of sulfonamides is 1. The summed E-state index contributed by atoms with van der Waals surface area (Å²) in [5.74, 6) is 0. The molecule has 0 unspecified atom stereocenters. The van der Waals surface area contributed by atoms with E-state index in [1.54, 1.807) is 18.2 Å². The zero-order chi connectivity index (χ0) is 15.1. The van der Waals surface area contributed by atoms with Crippen LogP contribution in [0.2, 0.25) is 5.02 Å². The first-order valence-electron chi connectivity index (χ1n) is 6.87. The highest BCUT2D eigenvalue weighted by atomic mass is 35.5. The van der Waals surface area contributed by atoms with E-state index in [1.807, 2.05) is 6.07 Å². The lowest BCUT2D eigenvalue weighted by Crippen LogP contribution is -2.51. The zero-order valence-electron chi connectivity index (χ0n) is 11.8. The number of benzene rings is 1. The molecule has 3 rings (SSSR count). The summed E-state index contributed by atoms with van der Waals surface area (Å²) in [4.78, 5) is 0. The van der Waals surface area contributed by atoms with Crippen molar-refractivity contribution >= 4 is 55.5 Å². The molecule has 4 nitrogen and oxygen atoms in total. The molecule has 0 spiro atoms. The second-order valence-electron chi connectivity index (χ2n) is 5.54. The van der Waals surface area contributed by atoms with Crippen molar-refractivity contribution in [3.63, 3.8) is 0 Å². The van der Waals surface area contributed by atoms with Gasteiger partial charge in [0.25, 0.3) is 10.0 Å². The Kier molecular flexibility index (Phi) is 5.42. The van der Waals surface area contributed by atoms with Gasteiger partial charge in [-0.25, -0.2) is 13.1 Å². The molecule has 122 valence electrons. The molecule has 0 radical (unpaired) electrons. The number of hydrogen-bond donors (Lipinski definition) is 2. The van der Waals surface area contributed by atoms with Gasteiger partial charge in [-0.2, -0.15) is 0 Å². The van der Waals surface area contributed by atoms with Crippen molar-refractivity contribution < 1.29 is 8.42 Å². The SMILES string of the molecule is Cl.NCC1(NS(=O)(=O)c2cc3cc(Cl)ccc3s2)CCCC1. The average molecular weight is 381 g/mol. The molecule has 8 heteroatoms.